The van der Waals surface area contributed by atoms with Crippen LogP contribution in [0.25, 0.3) is 0 Å². The quantitative estimate of drug-likeness (QED) is 0.607. The molecular weight excluding hydrogens is 178 g/mol. The van der Waals surface area contributed by atoms with Crippen molar-refractivity contribution in [2.24, 2.45) is 10.2 Å². The first-order valence-corrected chi connectivity index (χ1v) is 3.46. The zero-order valence-electron chi connectivity index (χ0n) is 7.39. The standard InChI is InChI=1S/C6H10N2O4.N/c1-3-11-5(9)7-8-6(10)12-4-2;/h3-4H2,1-2H3;. The zero-order valence-corrected chi connectivity index (χ0v) is 7.39. The van der Waals surface area contributed by atoms with Gasteiger partial charge in [0.05, 0.1) is 13.2 Å². The van der Waals surface area contributed by atoms with Crippen LogP contribution in [-0.2, 0) is 9.47 Å². The van der Waals surface area contributed by atoms with Gasteiger partial charge < -0.3 is 9.47 Å². The van der Waals surface area contributed by atoms with E-state index in [2.05, 4.69) is 19.7 Å². The second kappa shape index (κ2) is 8.60. The molecule has 0 bridgehead atoms. The molecule has 0 fully saturated rings. The van der Waals surface area contributed by atoms with Crippen LogP contribution in [-0.4, -0.2) is 25.4 Å². The number of nitrogens with zero attached hydrogens (tertiary/aromatic N) is 3. The second-order valence-electron chi connectivity index (χ2n) is 1.60. The number of azo groups is 1. The summed E-state index contributed by atoms with van der Waals surface area (Å²) in [5, 5.41) is 5.84. The average molecular weight is 188 g/mol. The number of amides is 2. The zero-order chi connectivity index (χ0) is 9.40. The molecule has 73 valence electrons. The van der Waals surface area contributed by atoms with Crippen LogP contribution in [0.3, 0.4) is 0 Å². The molecule has 0 spiro atoms. The third-order valence-corrected chi connectivity index (χ3v) is 0.749. The van der Waals surface area contributed by atoms with Gasteiger partial charge in [-0.3, -0.25) is 0 Å². The van der Waals surface area contributed by atoms with Crippen LogP contribution < -0.4 is 6.15 Å². The van der Waals surface area contributed by atoms with E-state index in [1.807, 2.05) is 0 Å². The molecule has 0 heterocycles. The van der Waals surface area contributed by atoms with Crippen molar-refractivity contribution >= 4 is 12.2 Å². The third kappa shape index (κ3) is 8.41. The molecule has 0 aliphatic rings. The van der Waals surface area contributed by atoms with E-state index in [0.29, 0.717) is 0 Å². The highest BCUT2D eigenvalue weighted by molar-refractivity contribution is 5.73. The van der Waals surface area contributed by atoms with E-state index in [1.165, 1.54) is 0 Å². The average Bonchev–Trinajstić information content (AvgIpc) is 2.02. The molecule has 0 atom stereocenters. The monoisotopic (exact) mass is 188 g/mol. The van der Waals surface area contributed by atoms with E-state index in [1.54, 1.807) is 13.8 Å². The number of hydrogen-bond acceptors (Lipinski definition) is 4. The normalized spacial score (nSPS) is 9.08. The van der Waals surface area contributed by atoms with E-state index in [4.69, 9.17) is 0 Å². The van der Waals surface area contributed by atoms with E-state index in [9.17, 15) is 9.59 Å². The molecule has 13 heavy (non-hydrogen) atoms. The summed E-state index contributed by atoms with van der Waals surface area (Å²) in [7, 11) is 0. The highest BCUT2D eigenvalue weighted by Gasteiger charge is 2.00. The lowest BCUT2D eigenvalue weighted by Gasteiger charge is -1.93. The van der Waals surface area contributed by atoms with Crippen LogP contribution in [0.5, 0.6) is 0 Å². The maximum atomic E-state index is 10.5. The van der Waals surface area contributed by atoms with Gasteiger partial charge in [0.1, 0.15) is 0 Å². The van der Waals surface area contributed by atoms with Gasteiger partial charge in [0.15, 0.2) is 0 Å². The van der Waals surface area contributed by atoms with Gasteiger partial charge in [-0.15, -0.1) is 0 Å². The summed E-state index contributed by atoms with van der Waals surface area (Å²) in [6.45, 7) is 3.64. The van der Waals surface area contributed by atoms with Crippen LogP contribution in [0, 0.1) is 0 Å². The molecule has 0 aromatic rings. The van der Waals surface area contributed by atoms with Gasteiger partial charge in [-0.05, 0) is 13.8 Å². The number of carbonyl (C=O) groups excluding carboxylic acids is 2. The molecule has 0 aliphatic carbocycles. The van der Waals surface area contributed by atoms with Crippen molar-refractivity contribution in [3.8, 4) is 0 Å². The summed E-state index contributed by atoms with van der Waals surface area (Å²) >= 11 is 0. The molecule has 0 aliphatic heterocycles. The van der Waals surface area contributed by atoms with Crippen molar-refractivity contribution < 1.29 is 19.1 Å². The van der Waals surface area contributed by atoms with Gasteiger partial charge in [0.2, 0.25) is 0 Å². The lowest BCUT2D eigenvalue weighted by Crippen LogP contribution is -2.00. The second-order valence-corrected chi connectivity index (χ2v) is 1.60. The minimum Gasteiger partial charge on any atom is -0.447 e. The van der Waals surface area contributed by atoms with Gasteiger partial charge in [0, 0.05) is 6.15 Å². The molecular formula is C6H10N3O4. The number of rotatable bonds is 2. The third-order valence-electron chi connectivity index (χ3n) is 0.749. The Morgan fingerprint density at radius 2 is 1.31 bits per heavy atom. The molecule has 0 N–H and O–H groups in total. The fourth-order valence-corrected chi connectivity index (χ4v) is 0.386. The largest absolute Gasteiger partial charge is 0.452 e. The van der Waals surface area contributed by atoms with Crippen LogP contribution in [0.1, 0.15) is 13.8 Å². The summed E-state index contributed by atoms with van der Waals surface area (Å²) in [5.74, 6) is 0. The van der Waals surface area contributed by atoms with E-state index in [-0.39, 0.29) is 19.4 Å². The highest BCUT2D eigenvalue weighted by atomic mass is 16.6. The maximum absolute atomic E-state index is 10.5. The van der Waals surface area contributed by atoms with Gasteiger partial charge in [-0.1, -0.05) is 10.2 Å². The number of ether oxygens (including phenoxy) is 2. The lowest BCUT2D eigenvalue weighted by molar-refractivity contribution is 0.152. The van der Waals surface area contributed by atoms with E-state index < -0.39 is 12.2 Å². The molecule has 7 heteroatoms. The summed E-state index contributed by atoms with van der Waals surface area (Å²) in [4.78, 5) is 20.9. The Bertz CT molecular complexity index is 172. The maximum Gasteiger partial charge on any atom is 0.452 e. The van der Waals surface area contributed by atoms with Crippen molar-refractivity contribution in [2.75, 3.05) is 13.2 Å². The lowest BCUT2D eigenvalue weighted by atomic mass is 10.9. The number of hydrogen-bond donors (Lipinski definition) is 0. The molecule has 3 radical (unpaired) electrons. The number of carbonyl (C=O) groups is 2. The van der Waals surface area contributed by atoms with Crippen molar-refractivity contribution in [2.45, 2.75) is 13.8 Å². The van der Waals surface area contributed by atoms with Gasteiger partial charge in [0.25, 0.3) is 0 Å². The molecule has 0 unspecified atom stereocenters. The van der Waals surface area contributed by atoms with Crippen LogP contribution in [0.15, 0.2) is 10.2 Å². The molecule has 0 aromatic carbocycles. The van der Waals surface area contributed by atoms with Gasteiger partial charge >= 0.3 is 12.2 Å². The fraction of sp³-hybridized carbons (Fsp3) is 0.667. The Labute approximate surface area is 75.7 Å². The first-order valence-electron chi connectivity index (χ1n) is 3.46. The van der Waals surface area contributed by atoms with Crippen molar-refractivity contribution in [1.82, 2.24) is 6.15 Å². The first kappa shape index (κ1) is 14.0. The van der Waals surface area contributed by atoms with Crippen molar-refractivity contribution in [3.05, 3.63) is 0 Å². The van der Waals surface area contributed by atoms with E-state index >= 15 is 0 Å². The predicted molar refractivity (Wildman–Crippen MR) is 41.0 cm³/mol. The first-order chi connectivity index (χ1) is 5.70. The van der Waals surface area contributed by atoms with Crippen molar-refractivity contribution in [1.29, 1.82) is 0 Å². The van der Waals surface area contributed by atoms with Gasteiger partial charge in [-0.25, -0.2) is 9.59 Å². The summed E-state index contributed by atoms with van der Waals surface area (Å²) < 4.78 is 8.73. The Kier molecular flexibility index (Phi) is 9.29. The molecule has 2 amide bonds. The SMILES string of the molecule is CCOC(=O)N=NC(=O)OCC.[N]. The topological polar surface area (TPSA) is 108 Å². The fourth-order valence-electron chi connectivity index (χ4n) is 0.386. The summed E-state index contributed by atoms with van der Waals surface area (Å²) in [6, 6.07) is 0. The molecule has 0 aromatic heterocycles. The Balaban J connectivity index is 0. The van der Waals surface area contributed by atoms with E-state index in [0.717, 1.165) is 0 Å². The summed E-state index contributed by atoms with van der Waals surface area (Å²) in [6.07, 6.45) is -1.80. The Morgan fingerprint density at radius 3 is 1.54 bits per heavy atom. The summed E-state index contributed by atoms with van der Waals surface area (Å²) in [5.41, 5.74) is 0. The minimum absolute atomic E-state index is 0. The molecule has 0 saturated heterocycles. The predicted octanol–water partition coefficient (Wildman–Crippen LogP) is 1.27. The molecule has 0 saturated carbocycles. The minimum atomic E-state index is -0.898. The van der Waals surface area contributed by atoms with Gasteiger partial charge in [-0.2, -0.15) is 0 Å². The molecule has 7 nitrogen and oxygen atoms in total. The van der Waals surface area contributed by atoms with Crippen molar-refractivity contribution in [3.63, 3.8) is 0 Å². The highest BCUT2D eigenvalue weighted by Crippen LogP contribution is 1.88. The van der Waals surface area contributed by atoms with Crippen LogP contribution in [0.2, 0.25) is 0 Å². The smallest absolute Gasteiger partial charge is 0.447 e. The van der Waals surface area contributed by atoms with Crippen LogP contribution >= 0.6 is 0 Å². The molecule has 0 rings (SSSR count). The van der Waals surface area contributed by atoms with Crippen LogP contribution in [0.4, 0.5) is 9.59 Å². The Hall–Kier alpha value is -1.50. The Morgan fingerprint density at radius 1 is 1.00 bits per heavy atom.